The van der Waals surface area contributed by atoms with Crippen LogP contribution in [0.5, 0.6) is 0 Å². The summed E-state index contributed by atoms with van der Waals surface area (Å²) in [7, 11) is 0. The van der Waals surface area contributed by atoms with Gasteiger partial charge >= 0.3 is 0 Å². The normalized spacial score (nSPS) is 13.7. The molecule has 3 N–H and O–H groups in total. The van der Waals surface area contributed by atoms with E-state index in [1.54, 1.807) is 0 Å². The van der Waals surface area contributed by atoms with Crippen LogP contribution in [0.1, 0.15) is 39.5 Å². The van der Waals surface area contributed by atoms with Crippen molar-refractivity contribution in [2.75, 3.05) is 6.54 Å². The zero-order chi connectivity index (χ0) is 11.4. The third-order valence-corrected chi connectivity index (χ3v) is 2.20. The van der Waals surface area contributed by atoms with Crippen molar-refractivity contribution in [3.63, 3.8) is 0 Å². The van der Waals surface area contributed by atoms with Crippen LogP contribution in [-0.2, 0) is 4.84 Å². The molecule has 0 saturated heterocycles. The number of nitrogens with zero attached hydrogens (tertiary/aromatic N) is 3. The van der Waals surface area contributed by atoms with E-state index in [1.807, 2.05) is 0 Å². The predicted octanol–water partition coefficient (Wildman–Crippen LogP) is 1.99. The van der Waals surface area contributed by atoms with Crippen molar-refractivity contribution in [3.05, 3.63) is 0 Å². The van der Waals surface area contributed by atoms with Crippen molar-refractivity contribution in [2.45, 2.75) is 39.5 Å². The second-order valence-corrected chi connectivity index (χ2v) is 3.31. The van der Waals surface area contributed by atoms with Gasteiger partial charge in [0.15, 0.2) is 0 Å². The van der Waals surface area contributed by atoms with Crippen LogP contribution in [0.25, 0.3) is 0 Å². The van der Waals surface area contributed by atoms with Crippen LogP contribution in [-0.4, -0.2) is 12.9 Å². The molecule has 1 unspecified atom stereocenters. The van der Waals surface area contributed by atoms with Crippen molar-refractivity contribution >= 4 is 6.40 Å². The van der Waals surface area contributed by atoms with Crippen LogP contribution in [0.15, 0.2) is 15.5 Å². The Morgan fingerprint density at radius 1 is 1.47 bits per heavy atom. The Morgan fingerprint density at radius 3 is 2.87 bits per heavy atom. The van der Waals surface area contributed by atoms with Crippen LogP contribution in [0.3, 0.4) is 0 Å². The van der Waals surface area contributed by atoms with Crippen molar-refractivity contribution in [1.29, 1.82) is 0 Å². The Morgan fingerprint density at radius 2 is 2.27 bits per heavy atom. The molecule has 88 valence electrons. The lowest BCUT2D eigenvalue weighted by molar-refractivity contribution is 0.168. The maximum atomic E-state index is 4.90. The summed E-state index contributed by atoms with van der Waals surface area (Å²) in [6.45, 7) is 5.20. The first-order valence-corrected chi connectivity index (χ1v) is 5.35. The Labute approximate surface area is 90.9 Å². The minimum absolute atomic E-state index is 0.648. The maximum Gasteiger partial charge on any atom is 0.223 e. The highest BCUT2D eigenvalue weighted by Gasteiger charge is 2.04. The number of nitrogens with two attached hydrogens (primary N) is 1. The molecule has 15 heavy (non-hydrogen) atoms. The number of hydrogen-bond donors (Lipinski definition) is 2. The van der Waals surface area contributed by atoms with Gasteiger partial charge in [0.05, 0.1) is 0 Å². The molecule has 0 aromatic rings. The minimum Gasteiger partial charge on any atom is -0.395 e. The standard InChI is InChI=1S/C9H21N5O/c1-3-5-6-9(4-2)7-12-15-8-11-14-13-10/h8-9,12H,3-7H2,1-2H3,(H2,10,14)/b11-8+. The Hall–Kier alpha value is -1.17. The highest BCUT2D eigenvalue weighted by atomic mass is 16.6. The Kier molecular flexibility index (Phi) is 10.1. The monoisotopic (exact) mass is 215 g/mol. The van der Waals surface area contributed by atoms with Gasteiger partial charge in [-0.1, -0.05) is 43.4 Å². The molecule has 0 aliphatic heterocycles. The molecule has 0 spiro atoms. The van der Waals surface area contributed by atoms with E-state index in [1.165, 1.54) is 25.7 Å². The van der Waals surface area contributed by atoms with Crippen LogP contribution >= 0.6 is 0 Å². The zero-order valence-electron chi connectivity index (χ0n) is 9.52. The summed E-state index contributed by atoms with van der Waals surface area (Å²) in [5.74, 6) is 5.38. The summed E-state index contributed by atoms with van der Waals surface area (Å²) in [6.07, 6.45) is 6.04. The van der Waals surface area contributed by atoms with Crippen LogP contribution in [0, 0.1) is 5.92 Å². The van der Waals surface area contributed by atoms with Crippen molar-refractivity contribution < 1.29 is 4.84 Å². The van der Waals surface area contributed by atoms with Gasteiger partial charge in [-0.25, -0.2) is 0 Å². The molecule has 6 nitrogen and oxygen atoms in total. The molecule has 0 aromatic carbocycles. The highest BCUT2D eigenvalue weighted by molar-refractivity contribution is 5.45. The SMILES string of the molecule is CCCCC(CC)CNO/C=N/N=N/N. The first-order valence-electron chi connectivity index (χ1n) is 5.35. The molecule has 0 radical (unpaired) electrons. The van der Waals surface area contributed by atoms with E-state index in [-0.39, 0.29) is 0 Å². The van der Waals surface area contributed by atoms with E-state index in [4.69, 9.17) is 10.7 Å². The van der Waals surface area contributed by atoms with Crippen LogP contribution < -0.4 is 11.3 Å². The summed E-state index contributed by atoms with van der Waals surface area (Å²) in [5, 5.41) is 9.51. The maximum absolute atomic E-state index is 4.90. The minimum atomic E-state index is 0.648. The van der Waals surface area contributed by atoms with Crippen LogP contribution in [0.4, 0.5) is 0 Å². The smallest absolute Gasteiger partial charge is 0.223 e. The summed E-state index contributed by atoms with van der Waals surface area (Å²) >= 11 is 0. The zero-order valence-corrected chi connectivity index (χ0v) is 9.52. The predicted molar refractivity (Wildman–Crippen MR) is 59.9 cm³/mol. The number of hydrogen-bond acceptors (Lipinski definition) is 4. The van der Waals surface area contributed by atoms with Gasteiger partial charge in [-0.3, -0.25) is 0 Å². The van der Waals surface area contributed by atoms with Gasteiger partial charge in [-0.15, -0.1) is 0 Å². The topological polar surface area (TPSA) is 84.4 Å². The molecule has 0 rings (SSSR count). The molecular weight excluding hydrogens is 194 g/mol. The molecule has 0 amide bonds. The van der Waals surface area contributed by atoms with Gasteiger partial charge in [0.2, 0.25) is 6.40 Å². The second kappa shape index (κ2) is 10.9. The molecule has 0 heterocycles. The quantitative estimate of drug-likeness (QED) is 0.154. The van der Waals surface area contributed by atoms with E-state index in [0.717, 1.165) is 13.0 Å². The third-order valence-electron chi connectivity index (χ3n) is 2.20. The average molecular weight is 215 g/mol. The first kappa shape index (κ1) is 13.8. The van der Waals surface area contributed by atoms with Gasteiger partial charge in [0, 0.05) is 6.54 Å². The fraction of sp³-hybridized carbons (Fsp3) is 0.889. The number of hydroxylamine groups is 1. The molecule has 0 bridgehead atoms. The lowest BCUT2D eigenvalue weighted by atomic mass is 10.00. The van der Waals surface area contributed by atoms with Crippen molar-refractivity contribution in [2.24, 2.45) is 27.3 Å². The van der Waals surface area contributed by atoms with Crippen LogP contribution in [0.2, 0.25) is 0 Å². The Bertz CT molecular complexity index is 183. The van der Waals surface area contributed by atoms with E-state index in [0.29, 0.717) is 5.92 Å². The summed E-state index contributed by atoms with van der Waals surface area (Å²) in [6, 6.07) is 0. The van der Waals surface area contributed by atoms with E-state index < -0.39 is 0 Å². The average Bonchev–Trinajstić information content (AvgIpc) is 2.27. The molecule has 6 heteroatoms. The molecular formula is C9H21N5O. The lowest BCUT2D eigenvalue weighted by Gasteiger charge is -2.13. The molecule has 0 aliphatic carbocycles. The lowest BCUT2D eigenvalue weighted by Crippen LogP contribution is -2.22. The van der Waals surface area contributed by atoms with Gasteiger partial charge < -0.3 is 10.7 Å². The highest BCUT2D eigenvalue weighted by Crippen LogP contribution is 2.10. The first-order chi connectivity index (χ1) is 7.35. The molecule has 0 fully saturated rings. The van der Waals surface area contributed by atoms with E-state index in [9.17, 15) is 0 Å². The van der Waals surface area contributed by atoms with Crippen molar-refractivity contribution in [3.8, 4) is 0 Å². The van der Waals surface area contributed by atoms with Gasteiger partial charge in [-0.2, -0.15) is 5.48 Å². The molecule has 0 saturated carbocycles. The second-order valence-electron chi connectivity index (χ2n) is 3.31. The molecule has 0 aromatic heterocycles. The fourth-order valence-corrected chi connectivity index (χ4v) is 1.22. The molecule has 0 aliphatic rings. The largest absolute Gasteiger partial charge is 0.395 e. The fourth-order valence-electron chi connectivity index (χ4n) is 1.22. The number of unbranched alkanes of at least 4 members (excludes halogenated alkanes) is 1. The van der Waals surface area contributed by atoms with Crippen molar-refractivity contribution in [1.82, 2.24) is 5.48 Å². The summed E-state index contributed by atoms with van der Waals surface area (Å²) in [4.78, 5) is 4.90. The van der Waals surface area contributed by atoms with Gasteiger partial charge in [-0.05, 0) is 17.6 Å². The molecule has 1 atom stereocenters. The van der Waals surface area contributed by atoms with E-state index >= 15 is 0 Å². The van der Waals surface area contributed by atoms with E-state index in [2.05, 4.69) is 34.9 Å². The number of rotatable bonds is 9. The third kappa shape index (κ3) is 9.14. The Balaban J connectivity index is 3.45. The van der Waals surface area contributed by atoms with Gasteiger partial charge in [0.1, 0.15) is 0 Å². The summed E-state index contributed by atoms with van der Waals surface area (Å²) in [5.41, 5.74) is 2.81. The summed E-state index contributed by atoms with van der Waals surface area (Å²) < 4.78 is 0. The number of nitrogens with one attached hydrogen (secondary N) is 1. The van der Waals surface area contributed by atoms with Gasteiger partial charge in [0.25, 0.3) is 0 Å².